The lowest BCUT2D eigenvalue weighted by Gasteiger charge is -2.32. The van der Waals surface area contributed by atoms with Crippen LogP contribution in [0.1, 0.15) is 56.9 Å². The van der Waals surface area contributed by atoms with E-state index in [4.69, 9.17) is 11.6 Å². The molecule has 0 aromatic heterocycles. The number of hydrogen-bond acceptors (Lipinski definition) is 0. The van der Waals surface area contributed by atoms with Gasteiger partial charge in [0.15, 0.2) is 0 Å². The fourth-order valence-corrected chi connectivity index (χ4v) is 4.80. The number of halogens is 1. The number of benzene rings is 2. The number of rotatable bonds is 3. The van der Waals surface area contributed by atoms with Gasteiger partial charge in [-0.05, 0) is 65.5 Å². The Morgan fingerprint density at radius 3 is 1.84 bits per heavy atom. The van der Waals surface area contributed by atoms with Gasteiger partial charge < -0.3 is 0 Å². The molecule has 0 amide bonds. The minimum Gasteiger partial charge on any atom is -0.0843 e. The van der Waals surface area contributed by atoms with E-state index in [-0.39, 0.29) is 0 Å². The van der Waals surface area contributed by atoms with Crippen molar-refractivity contribution in [3.8, 4) is 11.1 Å². The van der Waals surface area contributed by atoms with Crippen LogP contribution >= 0.6 is 11.6 Å². The smallest absolute Gasteiger partial charge is 0.0406 e. The van der Waals surface area contributed by atoms with Crippen LogP contribution < -0.4 is 0 Å². The molecule has 25 heavy (non-hydrogen) atoms. The van der Waals surface area contributed by atoms with Gasteiger partial charge in [0.25, 0.3) is 0 Å². The molecule has 0 nitrogen and oxygen atoms in total. The first-order valence-corrected chi connectivity index (χ1v) is 10.2. The van der Waals surface area contributed by atoms with Crippen molar-refractivity contribution in [2.75, 3.05) is 0 Å². The van der Waals surface area contributed by atoms with Crippen LogP contribution in [0.3, 0.4) is 0 Å². The van der Waals surface area contributed by atoms with Gasteiger partial charge in [-0.2, -0.15) is 0 Å². The van der Waals surface area contributed by atoms with E-state index in [0.717, 1.165) is 16.9 Å². The predicted octanol–water partition coefficient (Wildman–Crippen LogP) is 7.77. The molecule has 0 unspecified atom stereocenters. The van der Waals surface area contributed by atoms with Crippen LogP contribution in [0, 0.1) is 11.8 Å². The van der Waals surface area contributed by atoms with Gasteiger partial charge in [0.1, 0.15) is 0 Å². The molecule has 0 N–H and O–H groups in total. The Kier molecular flexibility index (Phi) is 5.27. The van der Waals surface area contributed by atoms with E-state index >= 15 is 0 Å². The van der Waals surface area contributed by atoms with Crippen LogP contribution in [0.5, 0.6) is 0 Å². The van der Waals surface area contributed by atoms with Crippen LogP contribution in [0.2, 0.25) is 5.02 Å². The third-order valence-corrected chi connectivity index (χ3v) is 6.45. The van der Waals surface area contributed by atoms with Gasteiger partial charge in [0, 0.05) is 5.02 Å². The highest BCUT2D eigenvalue weighted by Crippen LogP contribution is 2.40. The second kappa shape index (κ2) is 7.79. The molecule has 1 atom stereocenters. The summed E-state index contributed by atoms with van der Waals surface area (Å²) in [6.07, 6.45) is 13.8. The Balaban J connectivity index is 1.43. The minimum atomic E-state index is 0.792. The SMILES string of the molecule is Clc1ccc(-c2ccc(C3=CC[C@@H](C4CCCCC4)CC3)cc2)cc1. The van der Waals surface area contributed by atoms with Gasteiger partial charge in [-0.1, -0.05) is 86.2 Å². The number of hydrogen-bond donors (Lipinski definition) is 0. The molecule has 2 aliphatic rings. The third kappa shape index (κ3) is 4.01. The van der Waals surface area contributed by atoms with E-state index in [1.54, 1.807) is 5.57 Å². The van der Waals surface area contributed by atoms with Gasteiger partial charge in [0.2, 0.25) is 0 Å². The zero-order valence-corrected chi connectivity index (χ0v) is 15.6. The molecule has 1 heteroatoms. The van der Waals surface area contributed by atoms with E-state index in [9.17, 15) is 0 Å². The topological polar surface area (TPSA) is 0 Å². The fourth-order valence-electron chi connectivity index (χ4n) is 4.67. The Hall–Kier alpha value is -1.53. The van der Waals surface area contributed by atoms with Crippen LogP contribution in [-0.4, -0.2) is 0 Å². The maximum atomic E-state index is 5.99. The van der Waals surface area contributed by atoms with Crippen LogP contribution in [0.4, 0.5) is 0 Å². The highest BCUT2D eigenvalue weighted by Gasteiger charge is 2.25. The monoisotopic (exact) mass is 350 g/mol. The second-order valence-corrected chi connectivity index (χ2v) is 8.18. The summed E-state index contributed by atoms with van der Waals surface area (Å²) in [7, 11) is 0. The maximum absolute atomic E-state index is 5.99. The fraction of sp³-hybridized carbons (Fsp3) is 0.417. The summed E-state index contributed by atoms with van der Waals surface area (Å²) >= 11 is 5.99. The molecule has 0 bridgehead atoms. The summed E-state index contributed by atoms with van der Waals surface area (Å²) in [6, 6.07) is 17.2. The molecule has 0 aliphatic heterocycles. The quantitative estimate of drug-likeness (QED) is 0.530. The Morgan fingerprint density at radius 2 is 1.24 bits per heavy atom. The van der Waals surface area contributed by atoms with Crippen molar-refractivity contribution in [3.63, 3.8) is 0 Å². The minimum absolute atomic E-state index is 0.792. The van der Waals surface area contributed by atoms with E-state index in [1.807, 2.05) is 12.1 Å². The first-order valence-electron chi connectivity index (χ1n) is 9.85. The molecule has 0 radical (unpaired) electrons. The average molecular weight is 351 g/mol. The molecule has 0 spiro atoms. The van der Waals surface area contributed by atoms with Gasteiger partial charge in [0.05, 0.1) is 0 Å². The number of allylic oxidation sites excluding steroid dienone is 2. The van der Waals surface area contributed by atoms with Crippen LogP contribution in [0.25, 0.3) is 16.7 Å². The average Bonchev–Trinajstić information content (AvgIpc) is 2.70. The first-order chi connectivity index (χ1) is 12.3. The van der Waals surface area contributed by atoms with Crippen LogP contribution in [0.15, 0.2) is 54.6 Å². The third-order valence-electron chi connectivity index (χ3n) is 6.20. The first kappa shape index (κ1) is 16.9. The molecular weight excluding hydrogens is 324 g/mol. The zero-order valence-electron chi connectivity index (χ0n) is 14.9. The van der Waals surface area contributed by atoms with Gasteiger partial charge >= 0.3 is 0 Å². The second-order valence-electron chi connectivity index (χ2n) is 7.75. The van der Waals surface area contributed by atoms with Crippen molar-refractivity contribution < 1.29 is 0 Å². The van der Waals surface area contributed by atoms with Crippen molar-refractivity contribution >= 4 is 17.2 Å². The van der Waals surface area contributed by atoms with Crippen molar-refractivity contribution in [2.45, 2.75) is 51.4 Å². The van der Waals surface area contributed by atoms with Gasteiger partial charge in [-0.15, -0.1) is 0 Å². The molecular formula is C24H27Cl. The van der Waals surface area contributed by atoms with Crippen molar-refractivity contribution in [2.24, 2.45) is 11.8 Å². The van der Waals surface area contributed by atoms with Crippen molar-refractivity contribution in [3.05, 3.63) is 65.2 Å². The Bertz CT molecular complexity index is 718. The van der Waals surface area contributed by atoms with Crippen LogP contribution in [-0.2, 0) is 0 Å². The molecule has 0 heterocycles. The van der Waals surface area contributed by atoms with E-state index in [1.165, 1.54) is 68.1 Å². The lowest BCUT2D eigenvalue weighted by molar-refractivity contribution is 0.235. The zero-order chi connectivity index (χ0) is 17.1. The lowest BCUT2D eigenvalue weighted by atomic mass is 9.73. The van der Waals surface area contributed by atoms with E-state index in [0.29, 0.717) is 0 Å². The summed E-state index contributed by atoms with van der Waals surface area (Å²) in [5.74, 6) is 1.94. The summed E-state index contributed by atoms with van der Waals surface area (Å²) in [5, 5.41) is 0.792. The normalized spacial score (nSPS) is 21.8. The predicted molar refractivity (Wildman–Crippen MR) is 109 cm³/mol. The summed E-state index contributed by atoms with van der Waals surface area (Å²) < 4.78 is 0. The summed E-state index contributed by atoms with van der Waals surface area (Å²) in [4.78, 5) is 0. The van der Waals surface area contributed by atoms with E-state index < -0.39 is 0 Å². The summed E-state index contributed by atoms with van der Waals surface area (Å²) in [6.45, 7) is 0. The molecule has 2 aliphatic carbocycles. The lowest BCUT2D eigenvalue weighted by Crippen LogP contribution is -2.19. The Labute approximate surface area is 156 Å². The highest BCUT2D eigenvalue weighted by atomic mass is 35.5. The molecule has 0 saturated heterocycles. The Morgan fingerprint density at radius 1 is 0.640 bits per heavy atom. The largest absolute Gasteiger partial charge is 0.0843 e. The van der Waals surface area contributed by atoms with Crippen molar-refractivity contribution in [1.82, 2.24) is 0 Å². The standard InChI is InChI=1S/C24H27Cl/c25-24-16-14-23(15-17-24)22-12-10-21(11-13-22)20-8-6-19(7-9-20)18-4-2-1-3-5-18/h8,10-19H,1-7,9H2/t19-/m1/s1. The molecule has 1 fully saturated rings. The summed E-state index contributed by atoms with van der Waals surface area (Å²) in [5.41, 5.74) is 5.44. The molecule has 2 aromatic carbocycles. The molecule has 1 saturated carbocycles. The maximum Gasteiger partial charge on any atom is 0.0406 e. The molecule has 2 aromatic rings. The van der Waals surface area contributed by atoms with E-state index in [2.05, 4.69) is 42.5 Å². The van der Waals surface area contributed by atoms with Crippen molar-refractivity contribution in [1.29, 1.82) is 0 Å². The molecule has 4 rings (SSSR count). The highest BCUT2D eigenvalue weighted by molar-refractivity contribution is 6.30. The molecule has 130 valence electrons. The van der Waals surface area contributed by atoms with Gasteiger partial charge in [-0.25, -0.2) is 0 Å². The van der Waals surface area contributed by atoms with Gasteiger partial charge in [-0.3, -0.25) is 0 Å².